The van der Waals surface area contributed by atoms with Crippen LogP contribution in [0.3, 0.4) is 0 Å². The fraction of sp³-hybridized carbons (Fsp3) is 0.350. The van der Waals surface area contributed by atoms with Gasteiger partial charge < -0.3 is 16.4 Å². The largest absolute Gasteiger partial charge is 0.370 e. The van der Waals surface area contributed by atoms with Crippen LogP contribution in [0, 0.1) is 6.92 Å². The lowest BCUT2D eigenvalue weighted by atomic mass is 10.0. The summed E-state index contributed by atoms with van der Waals surface area (Å²) in [5.74, 6) is 0.432. The van der Waals surface area contributed by atoms with E-state index in [9.17, 15) is 0 Å². The Morgan fingerprint density at radius 3 is 2.33 bits per heavy atom. The molecule has 128 valence electrons. The minimum Gasteiger partial charge on any atom is -0.370 e. The van der Waals surface area contributed by atoms with Crippen LogP contribution in [0.25, 0.3) is 0 Å². The van der Waals surface area contributed by atoms with Crippen molar-refractivity contribution in [2.75, 3.05) is 11.9 Å². The van der Waals surface area contributed by atoms with Gasteiger partial charge in [0.1, 0.15) is 0 Å². The minimum atomic E-state index is -0.158. The van der Waals surface area contributed by atoms with Crippen LogP contribution in [0.15, 0.2) is 59.6 Å². The van der Waals surface area contributed by atoms with Gasteiger partial charge in [-0.1, -0.05) is 48.0 Å². The summed E-state index contributed by atoms with van der Waals surface area (Å²) in [6.07, 6.45) is 0. The molecule has 0 saturated carbocycles. The van der Waals surface area contributed by atoms with Gasteiger partial charge in [-0.05, 0) is 45.4 Å². The van der Waals surface area contributed by atoms with Gasteiger partial charge in [0, 0.05) is 17.3 Å². The van der Waals surface area contributed by atoms with Crippen LogP contribution in [-0.4, -0.2) is 18.0 Å². The molecule has 2 aromatic carbocycles. The van der Waals surface area contributed by atoms with E-state index in [2.05, 4.69) is 67.6 Å². The first kappa shape index (κ1) is 18.0. The summed E-state index contributed by atoms with van der Waals surface area (Å²) in [6.45, 7) is 9.08. The highest BCUT2D eigenvalue weighted by atomic mass is 15.1. The van der Waals surface area contributed by atoms with E-state index in [0.717, 1.165) is 5.69 Å². The van der Waals surface area contributed by atoms with Crippen LogP contribution < -0.4 is 16.4 Å². The molecule has 0 heterocycles. The second kappa shape index (κ2) is 7.97. The number of anilines is 1. The van der Waals surface area contributed by atoms with Crippen molar-refractivity contribution < 1.29 is 0 Å². The van der Waals surface area contributed by atoms with Gasteiger partial charge in [0.25, 0.3) is 0 Å². The van der Waals surface area contributed by atoms with Crippen molar-refractivity contribution in [3.63, 3.8) is 0 Å². The van der Waals surface area contributed by atoms with Crippen molar-refractivity contribution in [3.8, 4) is 0 Å². The van der Waals surface area contributed by atoms with Crippen LogP contribution in [0.1, 0.15) is 37.9 Å². The smallest absolute Gasteiger partial charge is 0.193 e. The molecule has 0 aliphatic carbocycles. The molecule has 24 heavy (non-hydrogen) atoms. The fourth-order valence-corrected chi connectivity index (χ4v) is 2.56. The number of nitrogens with zero attached hydrogens (tertiary/aromatic N) is 1. The van der Waals surface area contributed by atoms with Crippen molar-refractivity contribution in [2.24, 2.45) is 10.7 Å². The van der Waals surface area contributed by atoms with Crippen LogP contribution in [-0.2, 0) is 0 Å². The second-order valence-corrected chi connectivity index (χ2v) is 6.85. The molecular formula is C20H28N4. The van der Waals surface area contributed by atoms with Gasteiger partial charge in [0.2, 0.25) is 0 Å². The predicted molar refractivity (Wildman–Crippen MR) is 103 cm³/mol. The quantitative estimate of drug-likeness (QED) is 0.558. The molecule has 0 aromatic heterocycles. The second-order valence-electron chi connectivity index (χ2n) is 6.85. The number of hydrogen-bond acceptors (Lipinski definition) is 2. The molecule has 0 spiro atoms. The highest BCUT2D eigenvalue weighted by Crippen LogP contribution is 2.16. The first-order valence-corrected chi connectivity index (χ1v) is 8.32. The Morgan fingerprint density at radius 1 is 1.08 bits per heavy atom. The van der Waals surface area contributed by atoms with Crippen LogP contribution in [0.2, 0.25) is 0 Å². The summed E-state index contributed by atoms with van der Waals surface area (Å²) in [6, 6.07) is 18.7. The lowest BCUT2D eigenvalue weighted by Crippen LogP contribution is -2.44. The molecule has 2 aromatic rings. The van der Waals surface area contributed by atoms with Gasteiger partial charge >= 0.3 is 0 Å². The van der Waals surface area contributed by atoms with Crippen molar-refractivity contribution in [2.45, 2.75) is 39.3 Å². The number of guanidine groups is 1. The van der Waals surface area contributed by atoms with Gasteiger partial charge in [-0.15, -0.1) is 0 Å². The molecule has 4 nitrogen and oxygen atoms in total. The van der Waals surface area contributed by atoms with E-state index in [4.69, 9.17) is 5.73 Å². The molecule has 0 amide bonds. The molecule has 1 atom stereocenters. The van der Waals surface area contributed by atoms with E-state index in [1.165, 1.54) is 11.1 Å². The van der Waals surface area contributed by atoms with Crippen LogP contribution in [0.4, 0.5) is 5.69 Å². The topological polar surface area (TPSA) is 62.4 Å². The van der Waals surface area contributed by atoms with Crippen LogP contribution >= 0.6 is 0 Å². The molecule has 0 saturated heterocycles. The average molecular weight is 324 g/mol. The van der Waals surface area contributed by atoms with Gasteiger partial charge in [0.15, 0.2) is 5.96 Å². The summed E-state index contributed by atoms with van der Waals surface area (Å²) in [5, 5.41) is 6.74. The molecule has 1 unspecified atom stereocenters. The number of benzene rings is 2. The molecule has 0 aliphatic heterocycles. The van der Waals surface area contributed by atoms with Crippen molar-refractivity contribution >= 4 is 11.6 Å². The third-order valence-corrected chi connectivity index (χ3v) is 3.88. The Kier molecular flexibility index (Phi) is 5.99. The molecule has 0 fully saturated rings. The van der Waals surface area contributed by atoms with E-state index < -0.39 is 0 Å². The van der Waals surface area contributed by atoms with E-state index in [1.807, 2.05) is 30.3 Å². The van der Waals surface area contributed by atoms with E-state index in [0.29, 0.717) is 12.5 Å². The normalized spacial score (nSPS) is 13.6. The van der Waals surface area contributed by atoms with Gasteiger partial charge in [-0.3, -0.25) is 4.99 Å². The highest BCUT2D eigenvalue weighted by Gasteiger charge is 2.20. The van der Waals surface area contributed by atoms with E-state index in [1.54, 1.807) is 0 Å². The minimum absolute atomic E-state index is 0.158. The number of nitrogens with one attached hydrogen (secondary N) is 2. The lowest BCUT2D eigenvalue weighted by molar-refractivity contribution is 0.357. The van der Waals surface area contributed by atoms with E-state index in [-0.39, 0.29) is 11.6 Å². The number of aryl methyl sites for hydroxylation is 1. The summed E-state index contributed by atoms with van der Waals surface area (Å²) >= 11 is 0. The zero-order valence-corrected chi connectivity index (χ0v) is 15.0. The number of aliphatic imine (C=N–C) groups is 1. The molecule has 2 rings (SSSR count). The Hall–Kier alpha value is -2.33. The summed E-state index contributed by atoms with van der Waals surface area (Å²) in [4.78, 5) is 4.48. The first-order valence-electron chi connectivity index (χ1n) is 8.32. The summed E-state index contributed by atoms with van der Waals surface area (Å²) < 4.78 is 0. The molecule has 0 radical (unpaired) electrons. The Bertz CT molecular complexity index is 660. The number of nitrogens with two attached hydrogens (primary N) is 1. The van der Waals surface area contributed by atoms with Crippen LogP contribution in [0.5, 0.6) is 0 Å². The van der Waals surface area contributed by atoms with E-state index >= 15 is 0 Å². The molecule has 0 bridgehead atoms. The SMILES string of the molecule is Cc1ccc(NC(N)=NCC(C)(C)NC(C)c2ccccc2)cc1. The van der Waals surface area contributed by atoms with Crippen molar-refractivity contribution in [3.05, 3.63) is 65.7 Å². The van der Waals surface area contributed by atoms with Gasteiger partial charge in [0.05, 0.1) is 6.54 Å². The monoisotopic (exact) mass is 324 g/mol. The molecule has 4 heteroatoms. The maximum atomic E-state index is 6.00. The molecular weight excluding hydrogens is 296 g/mol. The van der Waals surface area contributed by atoms with Crippen molar-refractivity contribution in [1.29, 1.82) is 0 Å². The Labute approximate surface area is 145 Å². The number of rotatable bonds is 6. The lowest BCUT2D eigenvalue weighted by Gasteiger charge is -2.29. The highest BCUT2D eigenvalue weighted by molar-refractivity contribution is 5.92. The Morgan fingerprint density at radius 2 is 1.71 bits per heavy atom. The van der Waals surface area contributed by atoms with Gasteiger partial charge in [-0.25, -0.2) is 0 Å². The first-order chi connectivity index (χ1) is 11.4. The fourth-order valence-electron chi connectivity index (χ4n) is 2.56. The average Bonchev–Trinajstić information content (AvgIpc) is 2.56. The predicted octanol–water partition coefficient (Wildman–Crippen LogP) is 3.85. The summed E-state index contributed by atoms with van der Waals surface area (Å²) in [5.41, 5.74) is 9.28. The molecule has 4 N–H and O–H groups in total. The molecule has 0 aliphatic rings. The maximum Gasteiger partial charge on any atom is 0.193 e. The zero-order chi connectivity index (χ0) is 17.6. The number of hydrogen-bond donors (Lipinski definition) is 3. The van der Waals surface area contributed by atoms with Gasteiger partial charge in [-0.2, -0.15) is 0 Å². The zero-order valence-electron chi connectivity index (χ0n) is 15.0. The third-order valence-electron chi connectivity index (χ3n) is 3.88. The Balaban J connectivity index is 1.91. The third kappa shape index (κ3) is 5.70. The van der Waals surface area contributed by atoms with Crippen molar-refractivity contribution in [1.82, 2.24) is 5.32 Å². The standard InChI is InChI=1S/C20H28N4/c1-15-10-12-18(13-11-15)23-19(21)22-14-20(3,4)24-16(2)17-8-6-5-7-9-17/h5-13,16,24H,14H2,1-4H3,(H3,21,22,23). The maximum absolute atomic E-state index is 6.00. The summed E-state index contributed by atoms with van der Waals surface area (Å²) in [7, 11) is 0.